The molecule has 4 nitrogen and oxygen atoms in total. The van der Waals surface area contributed by atoms with Crippen LogP contribution in [0.3, 0.4) is 0 Å². The molecular weight excluding hydrogens is 318 g/mol. The van der Waals surface area contributed by atoms with Crippen molar-refractivity contribution in [2.24, 2.45) is 0 Å². The van der Waals surface area contributed by atoms with Crippen molar-refractivity contribution >= 4 is 21.4 Å². The summed E-state index contributed by atoms with van der Waals surface area (Å²) in [5.74, 6) is 1.20. The molecule has 1 aromatic carbocycles. The number of thiophene rings is 1. The highest BCUT2D eigenvalue weighted by Gasteiger charge is 2.15. The molecule has 1 aromatic heterocycles. The smallest absolute Gasteiger partial charge is 0.250 e. The first-order valence-electron chi connectivity index (χ1n) is 7.17. The summed E-state index contributed by atoms with van der Waals surface area (Å²) in [7, 11) is -3.43. The van der Waals surface area contributed by atoms with Gasteiger partial charge in [0.25, 0.3) is 0 Å². The van der Waals surface area contributed by atoms with Gasteiger partial charge in [-0.1, -0.05) is 26.0 Å². The molecule has 0 fully saturated rings. The van der Waals surface area contributed by atoms with Gasteiger partial charge in [-0.25, -0.2) is 13.1 Å². The maximum absolute atomic E-state index is 12.0. The minimum absolute atomic E-state index is 0.241. The Bertz CT molecular complexity index is 720. The van der Waals surface area contributed by atoms with Crippen molar-refractivity contribution in [3.63, 3.8) is 0 Å². The van der Waals surface area contributed by atoms with Gasteiger partial charge in [-0.15, -0.1) is 11.3 Å². The highest BCUT2D eigenvalue weighted by Crippen LogP contribution is 2.21. The summed E-state index contributed by atoms with van der Waals surface area (Å²) in [5.41, 5.74) is 1.20. The number of rotatable bonds is 7. The van der Waals surface area contributed by atoms with Crippen molar-refractivity contribution < 1.29 is 13.2 Å². The van der Waals surface area contributed by atoms with Crippen LogP contribution in [0.5, 0.6) is 5.75 Å². The van der Waals surface area contributed by atoms with Gasteiger partial charge in [0.05, 0.1) is 0 Å². The molecule has 2 aromatic rings. The number of ether oxygens (including phenoxy) is 1. The Kier molecular flexibility index (Phi) is 5.61. The van der Waals surface area contributed by atoms with Gasteiger partial charge >= 0.3 is 0 Å². The Morgan fingerprint density at radius 1 is 1.23 bits per heavy atom. The number of benzene rings is 1. The van der Waals surface area contributed by atoms with Crippen molar-refractivity contribution in [1.29, 1.82) is 0 Å². The molecule has 6 heteroatoms. The van der Waals surface area contributed by atoms with Gasteiger partial charge in [0.1, 0.15) is 16.6 Å². The molecule has 1 heterocycles. The molecule has 0 aliphatic rings. The fraction of sp³-hybridized carbons (Fsp3) is 0.375. The molecule has 0 bridgehead atoms. The van der Waals surface area contributed by atoms with Crippen LogP contribution in [0, 0.1) is 6.92 Å². The van der Waals surface area contributed by atoms with Crippen LogP contribution in [0.4, 0.5) is 0 Å². The first kappa shape index (κ1) is 17.0. The minimum Gasteiger partial charge on any atom is -0.492 e. The first-order valence-corrected chi connectivity index (χ1v) is 9.47. The Morgan fingerprint density at radius 3 is 2.64 bits per heavy atom. The summed E-state index contributed by atoms with van der Waals surface area (Å²) in [6, 6.07) is 11.3. The first-order chi connectivity index (χ1) is 10.4. The SMILES string of the molecule is Cc1ccc(S(=O)(=O)NCCOc2cccc(C(C)C)c2)s1. The number of sulfonamides is 1. The van der Waals surface area contributed by atoms with Gasteiger partial charge in [-0.3, -0.25) is 0 Å². The average Bonchev–Trinajstić information content (AvgIpc) is 2.91. The predicted molar refractivity (Wildman–Crippen MR) is 90.3 cm³/mol. The van der Waals surface area contributed by atoms with Crippen molar-refractivity contribution in [2.45, 2.75) is 30.9 Å². The van der Waals surface area contributed by atoms with Crippen molar-refractivity contribution in [2.75, 3.05) is 13.2 Å². The van der Waals surface area contributed by atoms with E-state index < -0.39 is 10.0 Å². The molecule has 0 spiro atoms. The average molecular weight is 339 g/mol. The summed E-state index contributed by atoms with van der Waals surface area (Å²) in [5, 5.41) is 0. The fourth-order valence-electron chi connectivity index (χ4n) is 1.94. The van der Waals surface area contributed by atoms with E-state index in [2.05, 4.69) is 24.6 Å². The van der Waals surface area contributed by atoms with Crippen LogP contribution < -0.4 is 9.46 Å². The van der Waals surface area contributed by atoms with Crippen LogP contribution in [0.25, 0.3) is 0 Å². The number of nitrogens with one attached hydrogen (secondary N) is 1. The van der Waals surface area contributed by atoms with E-state index in [0.717, 1.165) is 10.6 Å². The second-order valence-electron chi connectivity index (χ2n) is 5.34. The van der Waals surface area contributed by atoms with Crippen LogP contribution in [0.1, 0.15) is 30.2 Å². The molecule has 0 saturated carbocycles. The lowest BCUT2D eigenvalue weighted by Crippen LogP contribution is -2.27. The minimum atomic E-state index is -3.43. The zero-order valence-electron chi connectivity index (χ0n) is 13.0. The normalized spacial score (nSPS) is 11.8. The third-order valence-electron chi connectivity index (χ3n) is 3.17. The van der Waals surface area contributed by atoms with Crippen LogP contribution in [0.2, 0.25) is 0 Å². The van der Waals surface area contributed by atoms with Gasteiger partial charge in [-0.2, -0.15) is 0 Å². The number of hydrogen-bond acceptors (Lipinski definition) is 4. The largest absolute Gasteiger partial charge is 0.492 e. The van der Waals surface area contributed by atoms with Crippen LogP contribution in [-0.2, 0) is 10.0 Å². The lowest BCUT2D eigenvalue weighted by atomic mass is 10.0. The summed E-state index contributed by atoms with van der Waals surface area (Å²) < 4.78 is 32.6. The standard InChI is InChI=1S/C16H21NO3S2/c1-12(2)14-5-4-6-15(11-14)20-10-9-17-22(18,19)16-8-7-13(3)21-16/h4-8,11-12,17H,9-10H2,1-3H3. The predicted octanol–water partition coefficient (Wildman–Crippen LogP) is 3.54. The molecule has 0 aliphatic heterocycles. The zero-order chi connectivity index (χ0) is 16.2. The van der Waals surface area contributed by atoms with E-state index in [9.17, 15) is 8.42 Å². The maximum atomic E-state index is 12.0. The molecule has 2 rings (SSSR count). The molecule has 22 heavy (non-hydrogen) atoms. The molecule has 1 N–H and O–H groups in total. The summed E-state index contributed by atoms with van der Waals surface area (Å²) in [4.78, 5) is 0.974. The topological polar surface area (TPSA) is 55.4 Å². The van der Waals surface area contributed by atoms with E-state index in [0.29, 0.717) is 16.7 Å². The van der Waals surface area contributed by atoms with Gasteiger partial charge < -0.3 is 4.74 Å². The fourth-order valence-corrected chi connectivity index (χ4v) is 4.28. The van der Waals surface area contributed by atoms with Crippen LogP contribution >= 0.6 is 11.3 Å². The van der Waals surface area contributed by atoms with E-state index in [1.807, 2.05) is 25.1 Å². The third kappa shape index (κ3) is 4.56. The maximum Gasteiger partial charge on any atom is 0.250 e. The second kappa shape index (κ2) is 7.26. The third-order valence-corrected chi connectivity index (χ3v) is 6.12. The van der Waals surface area contributed by atoms with Gasteiger partial charge in [0, 0.05) is 11.4 Å². The van der Waals surface area contributed by atoms with E-state index >= 15 is 0 Å². The highest BCUT2D eigenvalue weighted by molar-refractivity contribution is 7.91. The van der Waals surface area contributed by atoms with Crippen LogP contribution in [-0.4, -0.2) is 21.6 Å². The van der Waals surface area contributed by atoms with Gasteiger partial charge in [-0.05, 0) is 42.7 Å². The Balaban J connectivity index is 1.86. The van der Waals surface area contributed by atoms with Crippen molar-refractivity contribution in [1.82, 2.24) is 4.72 Å². The van der Waals surface area contributed by atoms with E-state index in [1.54, 1.807) is 12.1 Å². The molecule has 0 aliphatic carbocycles. The van der Waals surface area contributed by atoms with E-state index in [4.69, 9.17) is 4.74 Å². The molecule has 0 radical (unpaired) electrons. The van der Waals surface area contributed by atoms with Crippen molar-refractivity contribution in [3.8, 4) is 5.75 Å². The molecule has 0 atom stereocenters. The molecular formula is C16H21NO3S2. The Labute approximate surface area is 136 Å². The zero-order valence-corrected chi connectivity index (χ0v) is 14.6. The van der Waals surface area contributed by atoms with E-state index in [-0.39, 0.29) is 6.54 Å². The summed E-state index contributed by atoms with van der Waals surface area (Å²) >= 11 is 1.26. The van der Waals surface area contributed by atoms with E-state index in [1.165, 1.54) is 16.9 Å². The highest BCUT2D eigenvalue weighted by atomic mass is 32.2. The molecule has 0 amide bonds. The number of hydrogen-bond donors (Lipinski definition) is 1. The molecule has 0 unspecified atom stereocenters. The Morgan fingerprint density at radius 2 is 2.00 bits per heavy atom. The monoisotopic (exact) mass is 339 g/mol. The van der Waals surface area contributed by atoms with Crippen molar-refractivity contribution in [3.05, 3.63) is 46.8 Å². The lowest BCUT2D eigenvalue weighted by Gasteiger charge is -2.10. The molecule has 0 saturated heterocycles. The summed E-state index contributed by atoms with van der Waals surface area (Å²) in [6.45, 7) is 6.66. The number of aryl methyl sites for hydroxylation is 1. The summed E-state index contributed by atoms with van der Waals surface area (Å²) in [6.07, 6.45) is 0. The molecule has 120 valence electrons. The lowest BCUT2D eigenvalue weighted by molar-refractivity contribution is 0.322. The Hall–Kier alpha value is -1.37. The quantitative estimate of drug-likeness (QED) is 0.785. The second-order valence-corrected chi connectivity index (χ2v) is 8.62. The van der Waals surface area contributed by atoms with Crippen LogP contribution in [0.15, 0.2) is 40.6 Å². The van der Waals surface area contributed by atoms with Gasteiger partial charge in [0.15, 0.2) is 0 Å². The van der Waals surface area contributed by atoms with Gasteiger partial charge in [0.2, 0.25) is 10.0 Å².